The maximum atomic E-state index is 8.73. The molecule has 1 unspecified atom stereocenters. The summed E-state index contributed by atoms with van der Waals surface area (Å²) in [6.07, 6.45) is 4.41. The average molecular weight is 201 g/mol. The standard InChI is InChI=1S/C12H15N3/c1-9(11-2-3-11)8-15-12-6-10(7-13)4-5-14-12/h4-6,9,11H,2-3,8H2,1H3,(H,14,15). The van der Waals surface area contributed by atoms with Gasteiger partial charge in [-0.15, -0.1) is 0 Å². The van der Waals surface area contributed by atoms with Crippen molar-refractivity contribution in [2.45, 2.75) is 19.8 Å². The van der Waals surface area contributed by atoms with Crippen LogP contribution in [0.1, 0.15) is 25.3 Å². The van der Waals surface area contributed by atoms with E-state index >= 15 is 0 Å². The molecule has 0 aromatic carbocycles. The Morgan fingerprint density at radius 3 is 3.13 bits per heavy atom. The van der Waals surface area contributed by atoms with Gasteiger partial charge in [0.15, 0.2) is 0 Å². The highest BCUT2D eigenvalue weighted by Crippen LogP contribution is 2.36. The van der Waals surface area contributed by atoms with Crippen LogP contribution >= 0.6 is 0 Å². The van der Waals surface area contributed by atoms with E-state index in [4.69, 9.17) is 5.26 Å². The second-order valence-corrected chi connectivity index (χ2v) is 4.24. The Balaban J connectivity index is 1.89. The number of rotatable bonds is 4. The van der Waals surface area contributed by atoms with Crippen LogP contribution in [0, 0.1) is 23.2 Å². The lowest BCUT2D eigenvalue weighted by Crippen LogP contribution is -2.13. The van der Waals surface area contributed by atoms with E-state index in [2.05, 4.69) is 23.3 Å². The van der Waals surface area contributed by atoms with Crippen LogP contribution in [0.4, 0.5) is 5.82 Å². The number of aromatic nitrogens is 1. The van der Waals surface area contributed by atoms with Gasteiger partial charge in [0.05, 0.1) is 11.6 Å². The summed E-state index contributed by atoms with van der Waals surface area (Å²) in [5.41, 5.74) is 0.659. The first-order chi connectivity index (χ1) is 7.29. The second-order valence-electron chi connectivity index (χ2n) is 4.24. The smallest absolute Gasteiger partial charge is 0.127 e. The lowest BCUT2D eigenvalue weighted by Gasteiger charge is -2.11. The molecule has 1 heterocycles. The molecule has 3 heteroatoms. The summed E-state index contributed by atoms with van der Waals surface area (Å²) < 4.78 is 0. The summed E-state index contributed by atoms with van der Waals surface area (Å²) in [5.74, 6) is 2.41. The van der Waals surface area contributed by atoms with Crippen molar-refractivity contribution in [1.29, 1.82) is 5.26 Å². The van der Waals surface area contributed by atoms with E-state index in [-0.39, 0.29) is 0 Å². The highest BCUT2D eigenvalue weighted by molar-refractivity contribution is 5.42. The van der Waals surface area contributed by atoms with Crippen molar-refractivity contribution in [1.82, 2.24) is 4.98 Å². The van der Waals surface area contributed by atoms with E-state index in [1.165, 1.54) is 12.8 Å². The Bertz CT molecular complexity index is 377. The van der Waals surface area contributed by atoms with Gasteiger partial charge in [0.1, 0.15) is 5.82 Å². The van der Waals surface area contributed by atoms with Crippen molar-refractivity contribution in [2.75, 3.05) is 11.9 Å². The van der Waals surface area contributed by atoms with Crippen LogP contribution in [-0.4, -0.2) is 11.5 Å². The fourth-order valence-corrected chi connectivity index (χ4v) is 1.69. The Hall–Kier alpha value is -1.56. The third kappa shape index (κ3) is 2.69. The summed E-state index contributed by atoms with van der Waals surface area (Å²) in [6.45, 7) is 3.21. The monoisotopic (exact) mass is 201 g/mol. The predicted molar refractivity (Wildman–Crippen MR) is 59.3 cm³/mol. The van der Waals surface area contributed by atoms with Crippen LogP contribution in [-0.2, 0) is 0 Å². The summed E-state index contributed by atoms with van der Waals surface area (Å²) in [7, 11) is 0. The van der Waals surface area contributed by atoms with Crippen molar-refractivity contribution in [2.24, 2.45) is 11.8 Å². The van der Waals surface area contributed by atoms with Gasteiger partial charge in [-0.05, 0) is 36.8 Å². The Morgan fingerprint density at radius 1 is 1.67 bits per heavy atom. The molecule has 1 aromatic rings. The van der Waals surface area contributed by atoms with Gasteiger partial charge in [0.25, 0.3) is 0 Å². The van der Waals surface area contributed by atoms with Crippen LogP contribution in [0.5, 0.6) is 0 Å². The normalized spacial score (nSPS) is 16.8. The predicted octanol–water partition coefficient (Wildman–Crippen LogP) is 2.41. The molecule has 0 aliphatic heterocycles. The number of anilines is 1. The number of nitrogens with zero attached hydrogens (tertiary/aromatic N) is 2. The largest absolute Gasteiger partial charge is 0.370 e. The Labute approximate surface area is 90.1 Å². The molecule has 1 aliphatic rings. The van der Waals surface area contributed by atoms with Gasteiger partial charge in [0, 0.05) is 12.7 Å². The van der Waals surface area contributed by atoms with Gasteiger partial charge in [-0.2, -0.15) is 5.26 Å². The first kappa shape index (κ1) is 9.97. The zero-order valence-corrected chi connectivity index (χ0v) is 8.90. The summed E-state index contributed by atoms with van der Waals surface area (Å²) >= 11 is 0. The van der Waals surface area contributed by atoms with Gasteiger partial charge >= 0.3 is 0 Å². The maximum Gasteiger partial charge on any atom is 0.127 e. The molecule has 15 heavy (non-hydrogen) atoms. The SMILES string of the molecule is CC(CNc1cc(C#N)ccn1)C1CC1. The minimum Gasteiger partial charge on any atom is -0.370 e. The molecular weight excluding hydrogens is 186 g/mol. The number of nitriles is 1. The van der Waals surface area contributed by atoms with Gasteiger partial charge in [0.2, 0.25) is 0 Å². The van der Waals surface area contributed by atoms with Crippen molar-refractivity contribution in [3.63, 3.8) is 0 Å². The van der Waals surface area contributed by atoms with Gasteiger partial charge in [-0.1, -0.05) is 6.92 Å². The fraction of sp³-hybridized carbons (Fsp3) is 0.500. The highest BCUT2D eigenvalue weighted by Gasteiger charge is 2.27. The number of hydrogen-bond acceptors (Lipinski definition) is 3. The van der Waals surface area contributed by atoms with Crippen LogP contribution in [0.25, 0.3) is 0 Å². The van der Waals surface area contributed by atoms with Crippen LogP contribution in [0.2, 0.25) is 0 Å². The van der Waals surface area contributed by atoms with E-state index in [9.17, 15) is 0 Å². The molecule has 1 aliphatic carbocycles. The average Bonchev–Trinajstić information content (AvgIpc) is 3.10. The molecule has 2 rings (SSSR count). The first-order valence-corrected chi connectivity index (χ1v) is 5.39. The molecule has 1 saturated carbocycles. The van der Waals surface area contributed by atoms with Crippen molar-refractivity contribution in [3.05, 3.63) is 23.9 Å². The lowest BCUT2D eigenvalue weighted by atomic mass is 10.1. The maximum absolute atomic E-state index is 8.73. The Kier molecular flexibility index (Phi) is 2.86. The molecule has 78 valence electrons. The van der Waals surface area contributed by atoms with Crippen LogP contribution in [0.3, 0.4) is 0 Å². The molecule has 1 N–H and O–H groups in total. The third-order valence-corrected chi connectivity index (χ3v) is 2.92. The van der Waals surface area contributed by atoms with Crippen LogP contribution < -0.4 is 5.32 Å². The second kappa shape index (κ2) is 4.31. The van der Waals surface area contributed by atoms with Gasteiger partial charge < -0.3 is 5.32 Å². The molecule has 0 spiro atoms. The van der Waals surface area contributed by atoms with Crippen LogP contribution in [0.15, 0.2) is 18.3 Å². The molecule has 0 bridgehead atoms. The first-order valence-electron chi connectivity index (χ1n) is 5.39. The zero-order valence-electron chi connectivity index (χ0n) is 8.90. The minimum atomic E-state index is 0.659. The van der Waals surface area contributed by atoms with Crippen molar-refractivity contribution in [3.8, 4) is 6.07 Å². The molecule has 0 amide bonds. The Morgan fingerprint density at radius 2 is 2.47 bits per heavy atom. The molecule has 3 nitrogen and oxygen atoms in total. The molecule has 0 saturated heterocycles. The highest BCUT2D eigenvalue weighted by atomic mass is 15.0. The van der Waals surface area contributed by atoms with E-state index in [0.717, 1.165) is 18.3 Å². The number of hydrogen-bond donors (Lipinski definition) is 1. The summed E-state index contributed by atoms with van der Waals surface area (Å²) in [6, 6.07) is 5.62. The molecular formula is C12H15N3. The lowest BCUT2D eigenvalue weighted by molar-refractivity contribution is 0.536. The van der Waals surface area contributed by atoms with E-state index in [1.807, 2.05) is 0 Å². The molecule has 1 fully saturated rings. The molecule has 1 aromatic heterocycles. The summed E-state index contributed by atoms with van der Waals surface area (Å²) in [4.78, 5) is 4.18. The van der Waals surface area contributed by atoms with Gasteiger partial charge in [-0.25, -0.2) is 4.98 Å². The molecule has 1 atom stereocenters. The fourth-order valence-electron chi connectivity index (χ4n) is 1.69. The van der Waals surface area contributed by atoms with E-state index in [1.54, 1.807) is 18.3 Å². The van der Waals surface area contributed by atoms with Crippen molar-refractivity contribution >= 4 is 5.82 Å². The zero-order chi connectivity index (χ0) is 10.7. The molecule has 0 radical (unpaired) electrons. The van der Waals surface area contributed by atoms with E-state index < -0.39 is 0 Å². The minimum absolute atomic E-state index is 0.659. The quantitative estimate of drug-likeness (QED) is 0.813. The van der Waals surface area contributed by atoms with Crippen molar-refractivity contribution < 1.29 is 0 Å². The van der Waals surface area contributed by atoms with Gasteiger partial charge in [-0.3, -0.25) is 0 Å². The topological polar surface area (TPSA) is 48.7 Å². The number of pyridine rings is 1. The number of nitrogens with one attached hydrogen (secondary N) is 1. The summed E-state index contributed by atoms with van der Waals surface area (Å²) in [5, 5.41) is 12.0. The van der Waals surface area contributed by atoms with E-state index in [0.29, 0.717) is 11.5 Å². The third-order valence-electron chi connectivity index (χ3n) is 2.92.